The fourth-order valence-corrected chi connectivity index (χ4v) is 1.91. The highest BCUT2D eigenvalue weighted by molar-refractivity contribution is 5.87. The molecule has 0 saturated heterocycles. The van der Waals surface area contributed by atoms with Gasteiger partial charge in [0.05, 0.1) is 0 Å². The van der Waals surface area contributed by atoms with Crippen molar-refractivity contribution in [3.63, 3.8) is 0 Å². The molecule has 122 valence electrons. The van der Waals surface area contributed by atoms with E-state index in [0.29, 0.717) is 13.0 Å². The molecule has 3 amide bonds. The largest absolute Gasteiger partial charge is 0.344 e. The van der Waals surface area contributed by atoms with Gasteiger partial charge in [0.25, 0.3) is 0 Å². The number of nitrogens with one attached hydrogen (secondary N) is 2. The summed E-state index contributed by atoms with van der Waals surface area (Å²) in [7, 11) is 3.24. The van der Waals surface area contributed by atoms with Gasteiger partial charge in [-0.05, 0) is 25.2 Å². The highest BCUT2D eigenvalue weighted by Crippen LogP contribution is 2.21. The highest BCUT2D eigenvalue weighted by Gasteiger charge is 2.34. The third-order valence-electron chi connectivity index (χ3n) is 3.26. The Kier molecular flexibility index (Phi) is 7.99. The average Bonchev–Trinajstić information content (AvgIpc) is 2.37. The lowest BCUT2D eigenvalue weighted by molar-refractivity contribution is -0.134. The summed E-state index contributed by atoms with van der Waals surface area (Å²) < 4.78 is 0. The third-order valence-corrected chi connectivity index (χ3v) is 3.26. The fourth-order valence-electron chi connectivity index (χ4n) is 1.91. The van der Waals surface area contributed by atoms with Gasteiger partial charge in [0, 0.05) is 27.1 Å². The Balaban J connectivity index is 4.57. The molecule has 0 rings (SSSR count). The molecular formula is C15H29N3O3. The van der Waals surface area contributed by atoms with Gasteiger partial charge < -0.3 is 20.3 Å². The Morgan fingerprint density at radius 3 is 2.14 bits per heavy atom. The summed E-state index contributed by atoms with van der Waals surface area (Å²) in [6, 6.07) is -0.955. The number of urea groups is 1. The average molecular weight is 299 g/mol. The maximum atomic E-state index is 12.5. The van der Waals surface area contributed by atoms with E-state index in [1.54, 1.807) is 18.9 Å². The van der Waals surface area contributed by atoms with Crippen molar-refractivity contribution in [2.75, 3.05) is 20.6 Å². The van der Waals surface area contributed by atoms with Crippen LogP contribution in [0.25, 0.3) is 0 Å². The summed E-state index contributed by atoms with van der Waals surface area (Å²) >= 11 is 0. The maximum Gasteiger partial charge on any atom is 0.315 e. The number of unbranched alkanes of at least 4 members (excludes halogenated alkanes) is 1. The quantitative estimate of drug-likeness (QED) is 0.700. The van der Waals surface area contributed by atoms with Gasteiger partial charge in [-0.15, -0.1) is 0 Å². The normalized spacial score (nSPS) is 12.5. The van der Waals surface area contributed by atoms with E-state index in [9.17, 15) is 14.4 Å². The van der Waals surface area contributed by atoms with Crippen molar-refractivity contribution in [2.24, 2.45) is 5.41 Å². The highest BCUT2D eigenvalue weighted by atomic mass is 16.2. The lowest BCUT2D eigenvalue weighted by Gasteiger charge is -2.33. The summed E-state index contributed by atoms with van der Waals surface area (Å²) in [4.78, 5) is 36.5. The number of hydrogen-bond acceptors (Lipinski definition) is 3. The van der Waals surface area contributed by atoms with Crippen molar-refractivity contribution in [3.05, 3.63) is 0 Å². The molecular weight excluding hydrogens is 270 g/mol. The molecule has 0 spiro atoms. The van der Waals surface area contributed by atoms with Gasteiger partial charge in [-0.3, -0.25) is 4.79 Å². The van der Waals surface area contributed by atoms with Crippen LogP contribution in [0.1, 0.15) is 47.0 Å². The van der Waals surface area contributed by atoms with Crippen molar-refractivity contribution in [2.45, 2.75) is 53.0 Å². The van der Waals surface area contributed by atoms with Crippen LogP contribution in [0.2, 0.25) is 0 Å². The Morgan fingerprint density at radius 1 is 1.14 bits per heavy atom. The first-order valence-electron chi connectivity index (χ1n) is 7.32. The second-order valence-electron chi connectivity index (χ2n) is 6.44. The Hall–Kier alpha value is -1.59. The smallest absolute Gasteiger partial charge is 0.315 e. The molecule has 0 aliphatic heterocycles. The van der Waals surface area contributed by atoms with Gasteiger partial charge in [0.1, 0.15) is 11.8 Å². The van der Waals surface area contributed by atoms with Crippen LogP contribution in [-0.2, 0) is 9.59 Å². The number of hydrogen-bond donors (Lipinski definition) is 2. The SMILES string of the molecule is CNC(=O)NC(C(=O)N(C)CCCCC(C)=O)C(C)(C)C. The van der Waals surface area contributed by atoms with Crippen LogP contribution in [-0.4, -0.2) is 49.3 Å². The summed E-state index contributed by atoms with van der Waals surface area (Å²) in [5, 5.41) is 5.17. The van der Waals surface area contributed by atoms with Gasteiger partial charge >= 0.3 is 6.03 Å². The molecule has 0 aromatic carbocycles. The van der Waals surface area contributed by atoms with Gasteiger partial charge in [-0.2, -0.15) is 0 Å². The second-order valence-corrected chi connectivity index (χ2v) is 6.44. The van der Waals surface area contributed by atoms with Crippen molar-refractivity contribution in [3.8, 4) is 0 Å². The van der Waals surface area contributed by atoms with E-state index >= 15 is 0 Å². The molecule has 6 heteroatoms. The maximum absolute atomic E-state index is 12.5. The van der Waals surface area contributed by atoms with Crippen molar-refractivity contribution < 1.29 is 14.4 Å². The zero-order chi connectivity index (χ0) is 16.6. The van der Waals surface area contributed by atoms with Gasteiger partial charge in [-0.1, -0.05) is 20.8 Å². The number of likely N-dealkylation sites (N-methyl/N-ethyl adjacent to an activating group) is 1. The Bertz CT molecular complexity index is 375. The minimum atomic E-state index is -0.588. The lowest BCUT2D eigenvalue weighted by Crippen LogP contribution is -2.55. The summed E-state index contributed by atoms with van der Waals surface area (Å²) in [6.07, 6.45) is 2.09. The van der Waals surface area contributed by atoms with E-state index in [1.165, 1.54) is 7.05 Å². The minimum absolute atomic E-state index is 0.117. The third kappa shape index (κ3) is 7.68. The molecule has 0 fully saturated rings. The number of amides is 3. The van der Waals surface area contributed by atoms with E-state index in [0.717, 1.165) is 12.8 Å². The van der Waals surface area contributed by atoms with Crippen LogP contribution in [0, 0.1) is 5.41 Å². The van der Waals surface area contributed by atoms with Crippen LogP contribution >= 0.6 is 0 Å². The van der Waals surface area contributed by atoms with Gasteiger partial charge in [-0.25, -0.2) is 4.79 Å². The molecule has 6 nitrogen and oxygen atoms in total. The monoisotopic (exact) mass is 299 g/mol. The number of Topliss-reactive ketones (excluding diaryl/α,β-unsaturated/α-hetero) is 1. The number of nitrogens with zero attached hydrogens (tertiary/aromatic N) is 1. The van der Waals surface area contributed by atoms with Crippen LogP contribution < -0.4 is 10.6 Å². The standard InChI is InChI=1S/C15H29N3O3/c1-11(19)9-7-8-10-18(6)13(20)12(15(2,3)4)17-14(21)16-5/h12H,7-10H2,1-6H3,(H2,16,17,21). The zero-order valence-corrected chi connectivity index (χ0v) is 14.1. The fraction of sp³-hybridized carbons (Fsp3) is 0.800. The zero-order valence-electron chi connectivity index (χ0n) is 14.1. The minimum Gasteiger partial charge on any atom is -0.344 e. The Morgan fingerprint density at radius 2 is 1.71 bits per heavy atom. The molecule has 0 saturated carbocycles. The first kappa shape index (κ1) is 19.4. The van der Waals surface area contributed by atoms with Crippen LogP contribution in [0.4, 0.5) is 4.79 Å². The van der Waals surface area contributed by atoms with E-state index in [1.807, 2.05) is 20.8 Å². The molecule has 1 unspecified atom stereocenters. The topological polar surface area (TPSA) is 78.5 Å². The van der Waals surface area contributed by atoms with Crippen LogP contribution in [0.3, 0.4) is 0 Å². The molecule has 0 heterocycles. The van der Waals surface area contributed by atoms with E-state index in [2.05, 4.69) is 10.6 Å². The molecule has 0 bridgehead atoms. The van der Waals surface area contributed by atoms with E-state index < -0.39 is 6.04 Å². The molecule has 0 aliphatic carbocycles. The van der Waals surface area contributed by atoms with Crippen LogP contribution in [0.15, 0.2) is 0 Å². The first-order valence-corrected chi connectivity index (χ1v) is 7.32. The number of carbonyl (C=O) groups excluding carboxylic acids is 3. The van der Waals surface area contributed by atoms with E-state index in [-0.39, 0.29) is 23.1 Å². The summed E-state index contributed by atoms with van der Waals surface area (Å²) in [6.45, 7) is 7.88. The summed E-state index contributed by atoms with van der Waals surface area (Å²) in [5.41, 5.74) is -0.378. The number of carbonyl (C=O) groups is 3. The molecule has 0 aromatic heterocycles. The molecule has 0 aliphatic rings. The van der Waals surface area contributed by atoms with Crippen molar-refractivity contribution >= 4 is 17.7 Å². The molecule has 21 heavy (non-hydrogen) atoms. The molecule has 0 aromatic rings. The number of ketones is 1. The van der Waals surface area contributed by atoms with Gasteiger partial charge in [0.15, 0.2) is 0 Å². The summed E-state index contributed by atoms with van der Waals surface area (Å²) in [5.74, 6) is 0.0479. The molecule has 2 N–H and O–H groups in total. The van der Waals surface area contributed by atoms with Crippen molar-refractivity contribution in [1.29, 1.82) is 0 Å². The predicted molar refractivity (Wildman–Crippen MR) is 83.0 cm³/mol. The second kappa shape index (κ2) is 8.64. The number of rotatable bonds is 7. The first-order chi connectivity index (χ1) is 9.59. The Labute approximate surface area is 127 Å². The molecule has 1 atom stereocenters. The lowest BCUT2D eigenvalue weighted by atomic mass is 9.86. The van der Waals surface area contributed by atoms with Crippen molar-refractivity contribution in [1.82, 2.24) is 15.5 Å². The molecule has 0 radical (unpaired) electrons. The van der Waals surface area contributed by atoms with Gasteiger partial charge in [0.2, 0.25) is 5.91 Å². The van der Waals surface area contributed by atoms with Crippen LogP contribution in [0.5, 0.6) is 0 Å². The predicted octanol–water partition coefficient (Wildman–Crippen LogP) is 1.55. The van der Waals surface area contributed by atoms with E-state index in [4.69, 9.17) is 0 Å².